The zero-order chi connectivity index (χ0) is 18.0. The first-order valence-electron chi connectivity index (χ1n) is 8.02. The van der Waals surface area contributed by atoms with E-state index in [0.717, 1.165) is 30.4 Å². The first kappa shape index (κ1) is 17.4. The number of aryl methyl sites for hydroxylation is 1. The van der Waals surface area contributed by atoms with Crippen molar-refractivity contribution in [3.05, 3.63) is 62.5 Å². The van der Waals surface area contributed by atoms with Crippen molar-refractivity contribution < 1.29 is 9.59 Å². The molecule has 0 spiro atoms. The highest BCUT2D eigenvalue weighted by molar-refractivity contribution is 9.10. The minimum Gasteiger partial charge on any atom is -0.339 e. The third-order valence-electron chi connectivity index (χ3n) is 4.16. The molecule has 0 bridgehead atoms. The zero-order valence-corrected chi connectivity index (χ0v) is 15.4. The molecule has 1 fully saturated rings. The summed E-state index contributed by atoms with van der Waals surface area (Å²) >= 11 is 3.31. The van der Waals surface area contributed by atoms with Gasteiger partial charge in [0.1, 0.15) is 5.69 Å². The van der Waals surface area contributed by atoms with Crippen molar-refractivity contribution in [2.24, 2.45) is 7.05 Å². The van der Waals surface area contributed by atoms with E-state index in [0.29, 0.717) is 11.1 Å². The lowest BCUT2D eigenvalue weighted by molar-refractivity contribution is 0.0791. The second-order valence-electron chi connectivity index (χ2n) is 6.02. The zero-order valence-electron chi connectivity index (χ0n) is 13.8. The molecule has 1 saturated heterocycles. The highest BCUT2D eigenvalue weighted by Gasteiger charge is 2.21. The van der Waals surface area contributed by atoms with E-state index in [-0.39, 0.29) is 17.2 Å². The van der Waals surface area contributed by atoms with E-state index in [2.05, 4.69) is 21.2 Å². The standard InChI is InChI=1S/C18H18BrN3O3/c1-21-11-13(17(24)22-7-2-3-8-22)10-15(18(21)25)20-16(23)12-5-4-6-14(19)9-12/h4-6,9-11H,2-3,7-8H2,1H3,(H,20,23). The number of pyridine rings is 1. The number of nitrogens with zero attached hydrogens (tertiary/aromatic N) is 2. The Kier molecular flexibility index (Phi) is 5.03. The molecule has 2 aromatic rings. The van der Waals surface area contributed by atoms with E-state index in [1.54, 1.807) is 30.1 Å². The molecule has 130 valence electrons. The average molecular weight is 404 g/mol. The summed E-state index contributed by atoms with van der Waals surface area (Å²) in [4.78, 5) is 39.0. The summed E-state index contributed by atoms with van der Waals surface area (Å²) in [5, 5.41) is 2.62. The number of likely N-dealkylation sites (tertiary alicyclic amines) is 1. The SMILES string of the molecule is Cn1cc(C(=O)N2CCCC2)cc(NC(=O)c2cccc(Br)c2)c1=O. The molecule has 7 heteroatoms. The molecule has 3 rings (SSSR count). The monoisotopic (exact) mass is 403 g/mol. The molecule has 1 aliphatic rings. The molecule has 0 aliphatic carbocycles. The highest BCUT2D eigenvalue weighted by atomic mass is 79.9. The average Bonchev–Trinajstić information content (AvgIpc) is 3.12. The molecule has 0 radical (unpaired) electrons. The molecule has 0 atom stereocenters. The van der Waals surface area contributed by atoms with Crippen molar-refractivity contribution in [2.75, 3.05) is 18.4 Å². The summed E-state index contributed by atoms with van der Waals surface area (Å²) in [7, 11) is 1.57. The topological polar surface area (TPSA) is 71.4 Å². The summed E-state index contributed by atoms with van der Waals surface area (Å²) in [6, 6.07) is 8.33. The van der Waals surface area contributed by atoms with Gasteiger partial charge in [-0.15, -0.1) is 0 Å². The van der Waals surface area contributed by atoms with Crippen LogP contribution in [0.15, 0.2) is 45.8 Å². The molecule has 1 aromatic heterocycles. The predicted octanol–water partition coefficient (Wildman–Crippen LogP) is 2.64. The van der Waals surface area contributed by atoms with Crippen molar-refractivity contribution in [1.29, 1.82) is 0 Å². The molecular formula is C18H18BrN3O3. The largest absolute Gasteiger partial charge is 0.339 e. The van der Waals surface area contributed by atoms with Gasteiger partial charge in [0.25, 0.3) is 17.4 Å². The van der Waals surface area contributed by atoms with Gasteiger partial charge < -0.3 is 14.8 Å². The lowest BCUT2D eigenvalue weighted by atomic mass is 10.2. The van der Waals surface area contributed by atoms with Gasteiger partial charge in [0.2, 0.25) is 0 Å². The number of hydrogen-bond acceptors (Lipinski definition) is 3. The van der Waals surface area contributed by atoms with Crippen molar-refractivity contribution in [3.8, 4) is 0 Å². The van der Waals surface area contributed by atoms with Crippen LogP contribution in [0.1, 0.15) is 33.6 Å². The van der Waals surface area contributed by atoms with Gasteiger partial charge in [-0.1, -0.05) is 22.0 Å². The fourth-order valence-electron chi connectivity index (χ4n) is 2.85. The Morgan fingerprint density at radius 1 is 1.12 bits per heavy atom. The van der Waals surface area contributed by atoms with Crippen LogP contribution in [0.2, 0.25) is 0 Å². The number of aromatic nitrogens is 1. The third kappa shape index (κ3) is 3.82. The molecule has 2 heterocycles. The number of hydrogen-bond donors (Lipinski definition) is 1. The Morgan fingerprint density at radius 2 is 1.84 bits per heavy atom. The minimum absolute atomic E-state index is 0.0949. The van der Waals surface area contributed by atoms with Crippen LogP contribution in [-0.4, -0.2) is 34.4 Å². The van der Waals surface area contributed by atoms with Gasteiger partial charge in [-0.05, 0) is 37.1 Å². The first-order chi connectivity index (χ1) is 12.0. The van der Waals surface area contributed by atoms with Crippen LogP contribution in [-0.2, 0) is 7.05 Å². The molecule has 6 nitrogen and oxygen atoms in total. The van der Waals surface area contributed by atoms with Crippen LogP contribution in [0.5, 0.6) is 0 Å². The number of benzene rings is 1. The summed E-state index contributed by atoms with van der Waals surface area (Å²) in [5.74, 6) is -0.518. The molecule has 0 saturated carbocycles. The lowest BCUT2D eigenvalue weighted by Crippen LogP contribution is -2.30. The van der Waals surface area contributed by atoms with Gasteiger partial charge in [-0.2, -0.15) is 0 Å². The Bertz CT molecular complexity index is 885. The molecule has 1 aliphatic heterocycles. The molecule has 0 unspecified atom stereocenters. The number of carbonyl (C=O) groups is 2. The second-order valence-corrected chi connectivity index (χ2v) is 6.94. The van der Waals surface area contributed by atoms with Crippen molar-refractivity contribution in [3.63, 3.8) is 0 Å². The normalized spacial score (nSPS) is 13.8. The third-order valence-corrected chi connectivity index (χ3v) is 4.65. The van der Waals surface area contributed by atoms with Crippen molar-refractivity contribution in [2.45, 2.75) is 12.8 Å². The predicted molar refractivity (Wildman–Crippen MR) is 98.9 cm³/mol. The quantitative estimate of drug-likeness (QED) is 0.855. The molecule has 1 N–H and O–H groups in total. The number of carbonyl (C=O) groups excluding carboxylic acids is 2. The van der Waals surface area contributed by atoms with Gasteiger partial charge in [-0.25, -0.2) is 0 Å². The van der Waals surface area contributed by atoms with Crippen LogP contribution in [0.4, 0.5) is 5.69 Å². The maximum absolute atomic E-state index is 12.6. The molecule has 1 aromatic carbocycles. The van der Waals surface area contributed by atoms with E-state index in [1.165, 1.54) is 16.8 Å². The minimum atomic E-state index is -0.399. The van der Waals surface area contributed by atoms with Gasteiger partial charge in [0, 0.05) is 36.4 Å². The van der Waals surface area contributed by atoms with Crippen molar-refractivity contribution >= 4 is 33.4 Å². The smallest absolute Gasteiger partial charge is 0.274 e. The van der Waals surface area contributed by atoms with Crippen LogP contribution in [0.3, 0.4) is 0 Å². The highest BCUT2D eigenvalue weighted by Crippen LogP contribution is 2.16. The Labute approximate surface area is 153 Å². The Hall–Kier alpha value is -2.41. The van der Waals surface area contributed by atoms with Gasteiger partial charge >= 0.3 is 0 Å². The van der Waals surface area contributed by atoms with Gasteiger partial charge in [-0.3, -0.25) is 14.4 Å². The van der Waals surface area contributed by atoms with E-state index >= 15 is 0 Å². The van der Waals surface area contributed by atoms with Gasteiger partial charge in [0.15, 0.2) is 0 Å². The number of nitrogens with one attached hydrogen (secondary N) is 1. The van der Waals surface area contributed by atoms with Crippen LogP contribution < -0.4 is 10.9 Å². The Balaban J connectivity index is 1.89. The Morgan fingerprint density at radius 3 is 2.52 bits per heavy atom. The second kappa shape index (κ2) is 7.23. The number of anilines is 1. The summed E-state index contributed by atoms with van der Waals surface area (Å²) in [6.45, 7) is 1.45. The van der Waals surface area contributed by atoms with E-state index in [1.807, 2.05) is 6.07 Å². The number of amides is 2. The summed E-state index contributed by atoms with van der Waals surface area (Å²) in [6.07, 6.45) is 3.49. The van der Waals surface area contributed by atoms with Crippen LogP contribution >= 0.6 is 15.9 Å². The van der Waals surface area contributed by atoms with E-state index < -0.39 is 5.91 Å². The van der Waals surface area contributed by atoms with Crippen LogP contribution in [0, 0.1) is 0 Å². The van der Waals surface area contributed by atoms with E-state index in [9.17, 15) is 14.4 Å². The maximum Gasteiger partial charge on any atom is 0.274 e. The fraction of sp³-hybridized carbons (Fsp3) is 0.278. The van der Waals surface area contributed by atoms with Crippen LogP contribution in [0.25, 0.3) is 0 Å². The molecule has 25 heavy (non-hydrogen) atoms. The number of halogens is 1. The summed E-state index contributed by atoms with van der Waals surface area (Å²) < 4.78 is 2.09. The van der Waals surface area contributed by atoms with E-state index in [4.69, 9.17) is 0 Å². The lowest BCUT2D eigenvalue weighted by Gasteiger charge is -2.16. The fourth-order valence-corrected chi connectivity index (χ4v) is 3.24. The van der Waals surface area contributed by atoms with Gasteiger partial charge in [0.05, 0.1) is 5.56 Å². The summed E-state index contributed by atoms with van der Waals surface area (Å²) in [5.41, 5.74) is 0.556. The van der Waals surface area contributed by atoms with Crippen molar-refractivity contribution in [1.82, 2.24) is 9.47 Å². The molecule has 2 amide bonds. The first-order valence-corrected chi connectivity index (χ1v) is 8.82. The number of rotatable bonds is 3. The maximum atomic E-state index is 12.6. The molecular weight excluding hydrogens is 386 g/mol.